The number of aromatic amines is 2. The molecule has 4 aromatic carbocycles. The summed E-state index contributed by atoms with van der Waals surface area (Å²) >= 11 is 8.54. The Morgan fingerprint density at radius 3 is 1.01 bits per heavy atom. The number of carbonyl (C=O) groups is 23. The van der Waals surface area contributed by atoms with E-state index in [4.69, 9.17) is 45.2 Å². The number of hydrogen-bond acceptors (Lipinski definition) is 27. The Morgan fingerprint density at radius 1 is 0.320 bits per heavy atom. The molecule has 0 saturated heterocycles. The van der Waals surface area contributed by atoms with Gasteiger partial charge in [0.2, 0.25) is 118 Å². The smallest absolute Gasteiger partial charge is 0.326 e. The molecular weight excluding hydrogens is 1960 g/mol. The third-order valence-corrected chi connectivity index (χ3v) is 24.1. The molecule has 20 amide bonds. The Hall–Kier alpha value is -15.6. The van der Waals surface area contributed by atoms with Gasteiger partial charge in [-0.05, 0) is 97.7 Å². The molecular formula is C95H130N24O26S2. The van der Waals surface area contributed by atoms with Crippen LogP contribution in [-0.4, -0.2) is 276 Å². The number of para-hydroxylation sites is 2. The lowest BCUT2D eigenvalue weighted by molar-refractivity contribution is -0.144. The Morgan fingerprint density at radius 2 is 0.633 bits per heavy atom. The monoisotopic (exact) mass is 2090 g/mol. The van der Waals surface area contributed by atoms with E-state index in [0.717, 1.165) is 0 Å². The summed E-state index contributed by atoms with van der Waals surface area (Å²) in [5.74, 6) is -29.5. The van der Waals surface area contributed by atoms with Crippen molar-refractivity contribution >= 4 is 183 Å². The quantitative estimate of drug-likeness (QED) is 0.0125. The van der Waals surface area contributed by atoms with E-state index in [1.54, 1.807) is 143 Å². The van der Waals surface area contributed by atoms with Crippen molar-refractivity contribution in [3.05, 3.63) is 144 Å². The second kappa shape index (κ2) is 60.2. The third-order valence-electron chi connectivity index (χ3n) is 23.4. The van der Waals surface area contributed by atoms with E-state index in [2.05, 4.69) is 110 Å². The molecule has 50 nitrogen and oxygen atoms in total. The second-order valence-corrected chi connectivity index (χ2v) is 36.2. The molecule has 6 rings (SSSR count). The van der Waals surface area contributed by atoms with Gasteiger partial charge in [0.1, 0.15) is 90.6 Å². The molecule has 0 aliphatic carbocycles. The minimum absolute atomic E-state index is 0.0484. The third kappa shape index (κ3) is 40.5. The summed E-state index contributed by atoms with van der Waals surface area (Å²) in [6.45, 7) is 6.69. The van der Waals surface area contributed by atoms with Crippen molar-refractivity contribution in [1.82, 2.24) is 89.7 Å². The van der Waals surface area contributed by atoms with Crippen molar-refractivity contribution < 1.29 is 126 Å². The van der Waals surface area contributed by atoms with Gasteiger partial charge in [0.15, 0.2) is 0 Å². The fourth-order valence-corrected chi connectivity index (χ4v) is 15.9. The van der Waals surface area contributed by atoms with E-state index in [1.807, 2.05) is 5.32 Å². The van der Waals surface area contributed by atoms with E-state index in [-0.39, 0.29) is 51.5 Å². The van der Waals surface area contributed by atoms with Gasteiger partial charge in [-0.15, -0.1) is 0 Å². The molecule has 34 N–H and O–H groups in total. The first-order valence-electron chi connectivity index (χ1n) is 47.1. The number of nitrogens with one attached hydrogen (secondary N) is 17. The van der Waals surface area contributed by atoms with Crippen LogP contribution in [0.5, 0.6) is 0 Å². The van der Waals surface area contributed by atoms with Crippen molar-refractivity contribution in [2.24, 2.45) is 52.0 Å². The summed E-state index contributed by atoms with van der Waals surface area (Å²) in [6.07, 6.45) is -5.80. The average molecular weight is 2090 g/mol. The van der Waals surface area contributed by atoms with Crippen LogP contribution in [0.25, 0.3) is 21.8 Å². The number of amides is 20. The molecule has 17 atom stereocenters. The van der Waals surface area contributed by atoms with Gasteiger partial charge in [-0.1, -0.05) is 131 Å². The molecule has 6 aromatic rings. The van der Waals surface area contributed by atoms with Gasteiger partial charge in [0.05, 0.1) is 31.7 Å². The molecule has 798 valence electrons. The summed E-state index contributed by atoms with van der Waals surface area (Å²) < 4.78 is 0. The van der Waals surface area contributed by atoms with Crippen LogP contribution in [0.4, 0.5) is 0 Å². The van der Waals surface area contributed by atoms with E-state index < -0.39 is 333 Å². The molecule has 0 aliphatic heterocycles. The Balaban J connectivity index is 1.25. The van der Waals surface area contributed by atoms with E-state index in [0.29, 0.717) is 44.1 Å². The second-order valence-electron chi connectivity index (χ2n) is 35.5. The zero-order valence-electron chi connectivity index (χ0n) is 81.2. The zero-order chi connectivity index (χ0) is 109. The maximum Gasteiger partial charge on any atom is 0.326 e. The number of unbranched alkanes of at least 4 members (excludes halogenated alkanes) is 1. The number of rotatable bonds is 66. The van der Waals surface area contributed by atoms with Gasteiger partial charge in [0, 0.05) is 90.7 Å². The van der Waals surface area contributed by atoms with Crippen LogP contribution >= 0.6 is 25.3 Å². The molecule has 0 radical (unpaired) electrons. The maximum absolute atomic E-state index is 15.3. The zero-order valence-corrected chi connectivity index (χ0v) is 83.0. The number of carbonyl (C=O) groups excluding carboxylic acids is 20. The summed E-state index contributed by atoms with van der Waals surface area (Å²) in [4.78, 5) is 322. The molecule has 0 unspecified atom stereocenters. The lowest BCUT2D eigenvalue weighted by Crippen LogP contribution is -2.62. The highest BCUT2D eigenvalue weighted by Crippen LogP contribution is 2.24. The minimum atomic E-state index is -2.12. The number of H-pyrrole nitrogens is 2. The molecule has 2 heterocycles. The largest absolute Gasteiger partial charge is 0.481 e. The minimum Gasteiger partial charge on any atom is -0.481 e. The van der Waals surface area contributed by atoms with Crippen molar-refractivity contribution in [3.8, 4) is 0 Å². The summed E-state index contributed by atoms with van der Waals surface area (Å²) in [7, 11) is 0. The van der Waals surface area contributed by atoms with Crippen LogP contribution in [-0.2, 0) is 136 Å². The van der Waals surface area contributed by atoms with Crippen molar-refractivity contribution in [1.29, 1.82) is 0 Å². The van der Waals surface area contributed by atoms with Crippen LogP contribution in [0.3, 0.4) is 0 Å². The predicted molar refractivity (Wildman–Crippen MR) is 536 cm³/mol. The first-order chi connectivity index (χ1) is 69.6. The summed E-state index contributed by atoms with van der Waals surface area (Å²) in [5.41, 5.74) is 42.4. The van der Waals surface area contributed by atoms with Gasteiger partial charge in [0.25, 0.3) is 0 Å². The number of fused-ring (bicyclic) bond motifs is 2. The molecule has 2 aromatic heterocycles. The molecule has 52 heteroatoms. The fourth-order valence-electron chi connectivity index (χ4n) is 15.3. The molecule has 0 saturated carbocycles. The number of carboxylic acids is 3. The van der Waals surface area contributed by atoms with Crippen LogP contribution in [0.2, 0.25) is 0 Å². The topological polar surface area (TPSA) is 847 Å². The highest BCUT2D eigenvalue weighted by molar-refractivity contribution is 7.80. The van der Waals surface area contributed by atoms with E-state index in [1.165, 1.54) is 6.20 Å². The Labute approximate surface area is 854 Å². The summed E-state index contributed by atoms with van der Waals surface area (Å²) in [6, 6.07) is 1.67. The van der Waals surface area contributed by atoms with Crippen molar-refractivity contribution in [2.75, 3.05) is 18.1 Å². The molecule has 0 fully saturated rings. The van der Waals surface area contributed by atoms with Gasteiger partial charge < -0.3 is 145 Å². The van der Waals surface area contributed by atoms with Gasteiger partial charge >= 0.3 is 17.9 Å². The number of carboxylic acid groups (broad SMARTS) is 3. The van der Waals surface area contributed by atoms with Gasteiger partial charge in [-0.2, -0.15) is 25.3 Å². The highest BCUT2D eigenvalue weighted by atomic mass is 32.1. The lowest BCUT2D eigenvalue weighted by Gasteiger charge is -2.29. The predicted octanol–water partition coefficient (Wildman–Crippen LogP) is -5.82. The van der Waals surface area contributed by atoms with Crippen LogP contribution in [0.1, 0.15) is 146 Å². The molecule has 0 aliphatic rings. The first-order valence-corrected chi connectivity index (χ1v) is 48.4. The average Bonchev–Trinajstić information content (AvgIpc) is 1.70. The molecule has 0 spiro atoms. The number of nitrogens with two attached hydrogens (primary N) is 7. The summed E-state index contributed by atoms with van der Waals surface area (Å²) in [5, 5.41) is 66.6. The number of thiol groups is 2. The lowest BCUT2D eigenvalue weighted by atomic mass is 9.96. The first kappa shape index (κ1) is 120. The van der Waals surface area contributed by atoms with E-state index >= 15 is 14.4 Å². The fraction of sp³-hybridized carbons (Fsp3) is 0.463. The molecule has 147 heavy (non-hydrogen) atoms. The van der Waals surface area contributed by atoms with Gasteiger partial charge in [-0.25, -0.2) is 4.79 Å². The normalized spacial score (nSPS) is 14.6. The van der Waals surface area contributed by atoms with E-state index in [9.17, 15) is 106 Å². The standard InChI is InChI=1S/C95H130N24O26S2/c1-5-48(4)79(119-91(140)66(109-80(129)55(97)39-74(100)122)38-52-44-104-57-25-15-13-23-54(52)57)94(143)118-71(46-147)93(142)115-68(41-76(102)124)89(138)110-62(34-47(2)3)84(133)111-63(35-49-18-8-6-9-19-49)85(134)105-58(26-16-17-33-96)81(130)114-67(40-75(101)123)88(137)106-60(28-31-73(99)121)83(132)113-65(37-51-43-103-56-24-14-12-22-53(51)56)87(136)112-64(36-50-20-10-7-11-21-50)86(135)117-70(45-146)92(141)116-69(42-78(127)128)90(139)107-59(27-30-72(98)120)82(131)108-61(95(144)145)29-32-77(125)126/h6-15,18-25,43-44,47-48,55,58-71,79,103-104,146-147H,5,16-17,26-42,45-46,96-97H2,1-4H3,(H2,98,120)(H2,99,121)(H2,100,122)(H2,101,123)(H2,102,124)(H,105,134)(H,106,137)(H,107,139)(H,108,131)(H,109,129)(H,110,138)(H,111,133)(H,112,136)(H,113,132)(H,114,130)(H,115,142)(H,116,141)(H,117,135)(H,118,143)(H,119,140)(H,125,126)(H,127,128)(H,144,145)/t48-,55-,58-,59-,60-,61-,62-,63-,64-,65-,66-,67-,68-,69-,70-,71-,79-/m0/s1. The molecule has 0 bridgehead atoms. The number of hydrogen-bond donors (Lipinski definition) is 29. The number of aliphatic carboxylic acids is 3. The number of aromatic nitrogens is 2. The Bertz CT molecular complexity index is 5680. The SMILES string of the molecule is CC[C@H](C)[C@H](NC(=O)[C@H](Cc1c[nH]c2ccccc12)NC(=O)[C@@H](N)CC(N)=O)C(=O)N[C@@H](CS)C(=O)N[C@@H](CC(N)=O)C(=O)N[C@@H](CC(C)C)C(=O)N[C@@H](Cc1ccccc1)C(=O)N[C@@H](CCCCN)C(=O)N[C@@H](CC(N)=O)C(=O)N[C@@H](CCC(N)=O)C(=O)N[C@@H](Cc1c[nH]c2ccccc12)C(=O)N[C@@H](Cc1ccccc1)C(=O)N[C@@H](CS)C(=O)N[C@@H](CC(=O)O)C(=O)N[C@@H](CCC(N)=O)C(=O)N[C@@H](CCC(=O)O)C(=O)O. The van der Waals surface area contributed by atoms with Crippen molar-refractivity contribution in [2.45, 2.75) is 246 Å². The highest BCUT2D eigenvalue weighted by Gasteiger charge is 2.42. The number of primary amides is 5. The van der Waals surface area contributed by atoms with Gasteiger partial charge in [-0.3, -0.25) is 105 Å². The number of benzene rings is 4. The Kier molecular flexibility index (Phi) is 49.2. The van der Waals surface area contributed by atoms with Crippen LogP contribution in [0, 0.1) is 11.8 Å². The maximum atomic E-state index is 15.3. The van der Waals surface area contributed by atoms with Crippen LogP contribution in [0.15, 0.2) is 122 Å². The van der Waals surface area contributed by atoms with Crippen molar-refractivity contribution in [3.63, 3.8) is 0 Å². The van der Waals surface area contributed by atoms with Crippen LogP contribution < -0.4 is 120 Å².